The average Bonchev–Trinajstić information content (AvgIpc) is 3.47. The minimum atomic E-state index is 0.0734. The van der Waals surface area contributed by atoms with Crippen LogP contribution in [0.2, 0.25) is 0 Å². The molecule has 0 N–H and O–H groups in total. The monoisotopic (exact) mass is 458 g/mol. The van der Waals surface area contributed by atoms with Gasteiger partial charge in [-0.15, -0.1) is 0 Å². The van der Waals surface area contributed by atoms with Gasteiger partial charge in [-0.05, 0) is 83.1 Å². The fourth-order valence-electron chi connectivity index (χ4n) is 4.29. The van der Waals surface area contributed by atoms with Crippen molar-refractivity contribution in [2.24, 2.45) is 0 Å². The third-order valence-electron chi connectivity index (χ3n) is 6.39. The fraction of sp³-hybridized carbons (Fsp3) is 0.161. The molecule has 172 valence electrons. The van der Waals surface area contributed by atoms with Crippen LogP contribution in [-0.2, 0) is 5.41 Å². The second kappa shape index (κ2) is 7.95. The number of hydrogen-bond donors (Lipinski definition) is 0. The third-order valence-corrected chi connectivity index (χ3v) is 6.39. The van der Waals surface area contributed by atoms with Crippen LogP contribution in [0.15, 0.2) is 93.8 Å². The summed E-state index contributed by atoms with van der Waals surface area (Å²) in [6.45, 7) is 8.67. The molecule has 0 amide bonds. The molecule has 0 unspecified atom stereocenters. The normalized spacial score (nSPS) is 12.0. The quantitative estimate of drug-likeness (QED) is 0.266. The number of fused-ring (bicyclic) bond motifs is 2. The first-order chi connectivity index (χ1) is 16.8. The summed E-state index contributed by atoms with van der Waals surface area (Å²) >= 11 is 0. The Morgan fingerprint density at radius 2 is 1.00 bits per heavy atom. The van der Waals surface area contributed by atoms with Gasteiger partial charge in [0.05, 0.1) is 0 Å². The summed E-state index contributed by atoms with van der Waals surface area (Å²) in [5.41, 5.74) is 10.0. The number of benzene rings is 4. The Balaban J connectivity index is 1.25. The Morgan fingerprint density at radius 1 is 0.543 bits per heavy atom. The first-order valence-corrected chi connectivity index (χ1v) is 11.8. The summed E-state index contributed by atoms with van der Waals surface area (Å²) in [4.78, 5) is 9.39. The Morgan fingerprint density at radius 3 is 1.51 bits per heavy atom. The number of rotatable bonds is 3. The molecule has 0 saturated carbocycles. The van der Waals surface area contributed by atoms with Crippen LogP contribution in [0.3, 0.4) is 0 Å². The lowest BCUT2D eigenvalue weighted by atomic mass is 9.87. The molecule has 2 aromatic heterocycles. The predicted octanol–water partition coefficient (Wildman–Crippen LogP) is 8.58. The van der Waals surface area contributed by atoms with E-state index in [0.717, 1.165) is 44.5 Å². The van der Waals surface area contributed by atoms with Crippen molar-refractivity contribution in [1.29, 1.82) is 0 Å². The van der Waals surface area contributed by atoms with Gasteiger partial charge in [0.1, 0.15) is 11.0 Å². The van der Waals surface area contributed by atoms with E-state index in [1.54, 1.807) is 0 Å². The van der Waals surface area contributed by atoms with E-state index < -0.39 is 0 Å². The number of aromatic nitrogens is 2. The first-order valence-electron chi connectivity index (χ1n) is 11.8. The largest absolute Gasteiger partial charge is 0.436 e. The summed E-state index contributed by atoms with van der Waals surface area (Å²) in [7, 11) is 0. The second-order valence-corrected chi connectivity index (χ2v) is 10.1. The molecular formula is C31H26N2O2. The lowest BCUT2D eigenvalue weighted by molar-refractivity contribution is 0.590. The van der Waals surface area contributed by atoms with Crippen LogP contribution in [0.4, 0.5) is 0 Å². The maximum atomic E-state index is 6.04. The molecule has 4 nitrogen and oxygen atoms in total. The Labute approximate surface area is 204 Å². The molecular weight excluding hydrogens is 432 g/mol. The summed E-state index contributed by atoms with van der Waals surface area (Å²) < 4.78 is 12.0. The van der Waals surface area contributed by atoms with E-state index in [2.05, 4.69) is 93.3 Å². The van der Waals surface area contributed by atoms with Gasteiger partial charge in [0.15, 0.2) is 11.2 Å². The van der Waals surface area contributed by atoms with Crippen molar-refractivity contribution < 1.29 is 8.83 Å². The second-order valence-electron chi connectivity index (χ2n) is 10.1. The minimum absolute atomic E-state index is 0.0734. The van der Waals surface area contributed by atoms with E-state index in [-0.39, 0.29) is 5.41 Å². The smallest absolute Gasteiger partial charge is 0.227 e. The van der Waals surface area contributed by atoms with Crippen molar-refractivity contribution in [1.82, 2.24) is 9.97 Å². The molecule has 4 heteroatoms. The zero-order valence-corrected chi connectivity index (χ0v) is 20.3. The highest BCUT2D eigenvalue weighted by molar-refractivity contribution is 5.79. The highest BCUT2D eigenvalue weighted by Gasteiger charge is 2.16. The van der Waals surface area contributed by atoms with E-state index in [4.69, 9.17) is 13.8 Å². The number of oxazole rings is 2. The van der Waals surface area contributed by atoms with Gasteiger partial charge in [0.25, 0.3) is 0 Å². The summed E-state index contributed by atoms with van der Waals surface area (Å²) in [6, 6.07) is 28.9. The highest BCUT2D eigenvalue weighted by Crippen LogP contribution is 2.31. The molecule has 6 rings (SSSR count). The van der Waals surface area contributed by atoms with Crippen molar-refractivity contribution in [2.75, 3.05) is 0 Å². The molecule has 0 aliphatic carbocycles. The minimum Gasteiger partial charge on any atom is -0.436 e. The van der Waals surface area contributed by atoms with Gasteiger partial charge in [-0.2, -0.15) is 0 Å². The Kier molecular flexibility index (Phi) is 4.85. The van der Waals surface area contributed by atoms with Crippen LogP contribution in [0.1, 0.15) is 31.9 Å². The number of hydrogen-bond acceptors (Lipinski definition) is 4. The van der Waals surface area contributed by atoms with Crippen molar-refractivity contribution in [3.63, 3.8) is 0 Å². The SMILES string of the molecule is Cc1ccc2oc(-c3ccc(-c4ccc(-c5nc6cc(C(C)(C)C)ccc6o5)cc4)cc3)nc2c1. The molecule has 0 bridgehead atoms. The highest BCUT2D eigenvalue weighted by atomic mass is 16.4. The molecule has 0 saturated heterocycles. The predicted molar refractivity (Wildman–Crippen MR) is 141 cm³/mol. The molecule has 0 radical (unpaired) electrons. The standard InChI is InChI=1S/C31H26N2O2/c1-19-5-15-27-25(17-19)32-29(34-27)22-10-6-20(7-11-22)21-8-12-23(13-9-21)30-33-26-18-24(31(2,3)4)14-16-28(26)35-30/h5-18H,1-4H3. The zero-order valence-electron chi connectivity index (χ0n) is 20.3. The molecule has 4 aromatic carbocycles. The van der Waals surface area contributed by atoms with Crippen LogP contribution in [-0.4, -0.2) is 9.97 Å². The summed E-state index contributed by atoms with van der Waals surface area (Å²) in [6.07, 6.45) is 0. The molecule has 0 aliphatic rings. The van der Waals surface area contributed by atoms with Crippen molar-refractivity contribution >= 4 is 22.2 Å². The fourth-order valence-corrected chi connectivity index (χ4v) is 4.29. The van der Waals surface area contributed by atoms with Crippen LogP contribution in [0.5, 0.6) is 0 Å². The van der Waals surface area contributed by atoms with Gasteiger partial charge in [-0.1, -0.05) is 57.2 Å². The molecule has 6 aromatic rings. The van der Waals surface area contributed by atoms with E-state index in [1.807, 2.05) is 24.3 Å². The van der Waals surface area contributed by atoms with Crippen molar-refractivity contribution in [3.8, 4) is 34.0 Å². The first kappa shape index (κ1) is 21.4. The molecule has 0 aliphatic heterocycles. The van der Waals surface area contributed by atoms with Gasteiger partial charge >= 0.3 is 0 Å². The van der Waals surface area contributed by atoms with Gasteiger partial charge in [-0.25, -0.2) is 9.97 Å². The van der Waals surface area contributed by atoms with Crippen LogP contribution in [0.25, 0.3) is 56.2 Å². The summed E-state index contributed by atoms with van der Waals surface area (Å²) in [5.74, 6) is 1.28. The van der Waals surface area contributed by atoms with Crippen molar-refractivity contribution in [3.05, 3.63) is 96.1 Å². The van der Waals surface area contributed by atoms with Gasteiger partial charge in [0.2, 0.25) is 11.8 Å². The third kappa shape index (κ3) is 4.01. The number of nitrogens with zero attached hydrogens (tertiary/aromatic N) is 2. The zero-order chi connectivity index (χ0) is 24.2. The maximum absolute atomic E-state index is 6.04. The topological polar surface area (TPSA) is 52.1 Å². The van der Waals surface area contributed by atoms with E-state index in [9.17, 15) is 0 Å². The van der Waals surface area contributed by atoms with Gasteiger partial charge in [-0.3, -0.25) is 0 Å². The number of aryl methyl sites for hydroxylation is 1. The lowest BCUT2D eigenvalue weighted by Crippen LogP contribution is -2.10. The molecule has 0 spiro atoms. The van der Waals surface area contributed by atoms with Crippen molar-refractivity contribution in [2.45, 2.75) is 33.1 Å². The Bertz CT molecular complexity index is 1660. The molecule has 35 heavy (non-hydrogen) atoms. The van der Waals surface area contributed by atoms with Gasteiger partial charge < -0.3 is 8.83 Å². The Hall–Kier alpha value is -4.18. The van der Waals surface area contributed by atoms with Crippen LogP contribution >= 0.6 is 0 Å². The van der Waals surface area contributed by atoms with E-state index in [1.165, 1.54) is 11.1 Å². The van der Waals surface area contributed by atoms with Gasteiger partial charge in [0, 0.05) is 11.1 Å². The van der Waals surface area contributed by atoms with E-state index in [0.29, 0.717) is 11.8 Å². The summed E-state index contributed by atoms with van der Waals surface area (Å²) in [5, 5.41) is 0. The lowest BCUT2D eigenvalue weighted by Gasteiger charge is -2.18. The average molecular weight is 459 g/mol. The molecule has 0 atom stereocenters. The van der Waals surface area contributed by atoms with Crippen LogP contribution in [0, 0.1) is 6.92 Å². The van der Waals surface area contributed by atoms with E-state index >= 15 is 0 Å². The maximum Gasteiger partial charge on any atom is 0.227 e. The molecule has 0 fully saturated rings. The molecule has 2 heterocycles. The van der Waals surface area contributed by atoms with Crippen LogP contribution < -0.4 is 0 Å².